The van der Waals surface area contributed by atoms with Crippen LogP contribution >= 0.6 is 0 Å². The van der Waals surface area contributed by atoms with Crippen molar-refractivity contribution in [3.8, 4) is 16.9 Å². The normalized spacial score (nSPS) is 11.4. The van der Waals surface area contributed by atoms with Crippen LogP contribution in [0, 0.1) is 5.82 Å². The number of rotatable bonds is 7. The molecule has 4 aromatic rings. The Morgan fingerprint density at radius 1 is 1.00 bits per heavy atom. The Morgan fingerprint density at radius 2 is 1.81 bits per heavy atom. The maximum atomic E-state index is 13.4. The van der Waals surface area contributed by atoms with Gasteiger partial charge in [0.15, 0.2) is 15.6 Å². The van der Waals surface area contributed by atoms with Crippen LogP contribution in [0.25, 0.3) is 16.9 Å². The molecule has 0 aliphatic heterocycles. The molecule has 0 N–H and O–H groups in total. The third kappa shape index (κ3) is 5.07. The van der Waals surface area contributed by atoms with Crippen molar-refractivity contribution in [2.75, 3.05) is 5.75 Å². The van der Waals surface area contributed by atoms with E-state index in [1.807, 2.05) is 0 Å². The van der Waals surface area contributed by atoms with Crippen molar-refractivity contribution in [3.63, 3.8) is 0 Å². The number of benzene rings is 1. The highest BCUT2D eigenvalue weighted by atomic mass is 32.2. The molecule has 0 saturated carbocycles. The topological polar surface area (TPSA) is 94.8 Å². The monoisotopic (exact) mass is 436 g/mol. The van der Waals surface area contributed by atoms with Crippen molar-refractivity contribution >= 4 is 15.6 Å². The molecule has 0 fully saturated rings. The first kappa shape index (κ1) is 20.5. The Morgan fingerprint density at radius 3 is 2.58 bits per heavy atom. The molecular weight excluding hydrogens is 419 g/mol. The Kier molecular flexibility index (Phi) is 5.68. The van der Waals surface area contributed by atoms with Gasteiger partial charge in [-0.1, -0.05) is 36.4 Å². The Balaban J connectivity index is 1.52. The zero-order valence-corrected chi connectivity index (χ0v) is 17.0. The second-order valence-corrected chi connectivity index (χ2v) is 8.95. The summed E-state index contributed by atoms with van der Waals surface area (Å²) in [6, 6.07) is 14.8. The van der Waals surface area contributed by atoms with Crippen LogP contribution < -0.4 is 0 Å². The number of ketones is 1. The number of carbonyl (C=O) groups is 1. The van der Waals surface area contributed by atoms with Crippen LogP contribution in [0.3, 0.4) is 0 Å². The van der Waals surface area contributed by atoms with E-state index in [2.05, 4.69) is 15.1 Å². The van der Waals surface area contributed by atoms with Crippen molar-refractivity contribution in [2.24, 2.45) is 0 Å². The van der Waals surface area contributed by atoms with E-state index in [9.17, 15) is 17.6 Å². The largest absolute Gasteiger partial charge is 0.291 e. The molecule has 0 atom stereocenters. The van der Waals surface area contributed by atoms with Crippen molar-refractivity contribution in [1.82, 2.24) is 19.7 Å². The first-order chi connectivity index (χ1) is 14.9. The van der Waals surface area contributed by atoms with Gasteiger partial charge in [-0.25, -0.2) is 22.5 Å². The van der Waals surface area contributed by atoms with E-state index in [0.717, 1.165) is 6.20 Å². The fraction of sp³-hybridized carbons (Fsp3) is 0.0909. The van der Waals surface area contributed by atoms with Gasteiger partial charge in [0.25, 0.3) is 0 Å². The average Bonchev–Trinajstić information content (AvgIpc) is 3.24. The van der Waals surface area contributed by atoms with Crippen LogP contribution in [0.5, 0.6) is 0 Å². The van der Waals surface area contributed by atoms with Gasteiger partial charge in [0.05, 0.1) is 35.7 Å². The second-order valence-electron chi connectivity index (χ2n) is 6.88. The highest BCUT2D eigenvalue weighted by molar-refractivity contribution is 7.91. The van der Waals surface area contributed by atoms with E-state index in [1.54, 1.807) is 48.7 Å². The fourth-order valence-electron chi connectivity index (χ4n) is 3.03. The van der Waals surface area contributed by atoms with E-state index in [1.165, 1.54) is 29.2 Å². The summed E-state index contributed by atoms with van der Waals surface area (Å²) in [6.07, 6.45) is 5.70. The number of hydrogen-bond donors (Lipinski definition) is 0. The van der Waals surface area contributed by atoms with Gasteiger partial charge in [-0.05, 0) is 17.7 Å². The highest BCUT2D eigenvalue weighted by Gasteiger charge is 2.20. The molecule has 0 bridgehead atoms. The molecule has 0 spiro atoms. The van der Waals surface area contributed by atoms with Crippen LogP contribution in [0.15, 0.2) is 79.4 Å². The molecule has 3 aromatic heterocycles. The first-order valence-corrected chi connectivity index (χ1v) is 11.1. The number of aromatic nitrogens is 4. The maximum absolute atomic E-state index is 13.4. The molecule has 0 saturated heterocycles. The molecule has 0 radical (unpaired) electrons. The second kappa shape index (κ2) is 8.57. The molecule has 0 amide bonds. The summed E-state index contributed by atoms with van der Waals surface area (Å²) in [5.74, 6) is -1.92. The van der Waals surface area contributed by atoms with Gasteiger partial charge in [0.1, 0.15) is 17.3 Å². The maximum Gasteiger partial charge on any atom is 0.196 e. The summed E-state index contributed by atoms with van der Waals surface area (Å²) in [7, 11) is -3.64. The standard InChI is InChI=1S/C22H17FN4O3S/c23-18-9-19(12-24-11-18)27-13-17(10-25-27)20-7-4-8-21(26-20)22(28)15-31(29,30)14-16-5-2-1-3-6-16/h1-13H,14-15H2. The number of halogens is 1. The number of Topliss-reactive ketones (excluding diaryl/α,β-unsaturated/α-hetero) is 1. The zero-order valence-electron chi connectivity index (χ0n) is 16.2. The number of carbonyl (C=O) groups excluding carboxylic acids is 1. The Labute approximate surface area is 178 Å². The molecule has 1 aromatic carbocycles. The average molecular weight is 436 g/mol. The van der Waals surface area contributed by atoms with E-state index in [4.69, 9.17) is 0 Å². The van der Waals surface area contributed by atoms with E-state index in [0.29, 0.717) is 22.5 Å². The molecule has 156 valence electrons. The Bertz CT molecular complexity index is 1340. The Hall–Kier alpha value is -3.72. The molecule has 3 heterocycles. The molecule has 4 rings (SSSR count). The summed E-state index contributed by atoms with van der Waals surface area (Å²) >= 11 is 0. The lowest BCUT2D eigenvalue weighted by atomic mass is 10.2. The molecule has 0 aliphatic rings. The third-order valence-electron chi connectivity index (χ3n) is 4.45. The quantitative estimate of drug-likeness (QED) is 0.413. The lowest BCUT2D eigenvalue weighted by molar-refractivity contribution is 0.101. The van der Waals surface area contributed by atoms with Gasteiger partial charge in [0, 0.05) is 17.8 Å². The summed E-state index contributed by atoms with van der Waals surface area (Å²) in [4.78, 5) is 20.7. The van der Waals surface area contributed by atoms with Crippen LogP contribution in [0.4, 0.5) is 4.39 Å². The predicted molar refractivity (Wildman–Crippen MR) is 113 cm³/mol. The smallest absolute Gasteiger partial charge is 0.196 e. The highest BCUT2D eigenvalue weighted by Crippen LogP contribution is 2.19. The number of hydrogen-bond acceptors (Lipinski definition) is 6. The minimum absolute atomic E-state index is 0.0503. The van der Waals surface area contributed by atoms with Gasteiger partial charge in [-0.3, -0.25) is 9.78 Å². The summed E-state index contributed by atoms with van der Waals surface area (Å²) in [5.41, 5.74) is 2.14. The zero-order chi connectivity index (χ0) is 21.8. The summed E-state index contributed by atoms with van der Waals surface area (Å²) in [6.45, 7) is 0. The minimum atomic E-state index is -3.64. The van der Waals surface area contributed by atoms with Gasteiger partial charge >= 0.3 is 0 Å². The number of pyridine rings is 2. The van der Waals surface area contributed by atoms with Gasteiger partial charge in [-0.15, -0.1) is 0 Å². The SMILES string of the molecule is O=C(CS(=O)(=O)Cc1ccccc1)c1cccc(-c2cnn(-c3cncc(F)c3)c2)n1. The van der Waals surface area contributed by atoms with Crippen LogP contribution in [0.1, 0.15) is 16.1 Å². The number of nitrogens with zero attached hydrogens (tertiary/aromatic N) is 4. The van der Waals surface area contributed by atoms with Gasteiger partial charge < -0.3 is 0 Å². The van der Waals surface area contributed by atoms with Crippen molar-refractivity contribution in [1.29, 1.82) is 0 Å². The van der Waals surface area contributed by atoms with Crippen LogP contribution in [-0.2, 0) is 15.6 Å². The third-order valence-corrected chi connectivity index (χ3v) is 5.92. The molecule has 0 unspecified atom stereocenters. The van der Waals surface area contributed by atoms with Crippen molar-refractivity contribution in [3.05, 3.63) is 96.5 Å². The lowest BCUT2D eigenvalue weighted by Gasteiger charge is -2.05. The molecule has 31 heavy (non-hydrogen) atoms. The van der Waals surface area contributed by atoms with Crippen molar-refractivity contribution in [2.45, 2.75) is 5.75 Å². The minimum Gasteiger partial charge on any atom is -0.291 e. The summed E-state index contributed by atoms with van der Waals surface area (Å²) in [5, 5.41) is 4.17. The van der Waals surface area contributed by atoms with E-state index >= 15 is 0 Å². The van der Waals surface area contributed by atoms with Crippen LogP contribution in [0.2, 0.25) is 0 Å². The number of sulfone groups is 1. The molecular formula is C22H17FN4O3S. The summed E-state index contributed by atoms with van der Waals surface area (Å²) < 4.78 is 39.7. The lowest BCUT2D eigenvalue weighted by Crippen LogP contribution is -2.19. The van der Waals surface area contributed by atoms with Crippen molar-refractivity contribution < 1.29 is 17.6 Å². The van der Waals surface area contributed by atoms with Gasteiger partial charge in [-0.2, -0.15) is 5.10 Å². The van der Waals surface area contributed by atoms with E-state index in [-0.39, 0.29) is 11.4 Å². The fourth-order valence-corrected chi connectivity index (χ4v) is 4.38. The first-order valence-electron chi connectivity index (χ1n) is 9.30. The molecule has 9 heteroatoms. The predicted octanol–water partition coefficient (Wildman–Crippen LogP) is 3.27. The van der Waals surface area contributed by atoms with Crippen LogP contribution in [-0.4, -0.2) is 39.7 Å². The van der Waals surface area contributed by atoms with Gasteiger partial charge in [0.2, 0.25) is 0 Å². The van der Waals surface area contributed by atoms with E-state index < -0.39 is 27.2 Å². The molecule has 7 nitrogen and oxygen atoms in total. The molecule has 0 aliphatic carbocycles.